The van der Waals surface area contributed by atoms with E-state index in [1.807, 2.05) is 13.0 Å². The predicted octanol–water partition coefficient (Wildman–Crippen LogP) is 4.99. The third-order valence-corrected chi connectivity index (χ3v) is 9.54. The summed E-state index contributed by atoms with van der Waals surface area (Å²) in [6.45, 7) is 16.9. The number of rotatable bonds is 5. The van der Waals surface area contributed by atoms with Gasteiger partial charge in [0, 0.05) is 67.7 Å². The van der Waals surface area contributed by atoms with Crippen molar-refractivity contribution in [2.24, 2.45) is 17.8 Å². The molecule has 2 aliphatic heterocycles. The second-order valence-electron chi connectivity index (χ2n) is 11.6. The average molecular weight is 537 g/mol. The Morgan fingerprint density at radius 1 is 0.950 bits per heavy atom. The number of fused-ring (bicyclic) bond motifs is 7. The molecule has 3 aromatic rings. The summed E-state index contributed by atoms with van der Waals surface area (Å²) in [6.07, 6.45) is 11.4. The van der Waals surface area contributed by atoms with Gasteiger partial charge < -0.3 is 25.4 Å². The molecule has 1 saturated heterocycles. The Hall–Kier alpha value is -3.77. The summed E-state index contributed by atoms with van der Waals surface area (Å²) in [5.41, 5.74) is 13.4. The lowest BCUT2D eigenvalue weighted by atomic mass is 9.85. The monoisotopic (exact) mass is 536 g/mol. The van der Waals surface area contributed by atoms with Crippen molar-refractivity contribution in [3.63, 3.8) is 0 Å². The number of hydrogen-bond donors (Lipinski definition) is 5. The van der Waals surface area contributed by atoms with Gasteiger partial charge in [0.15, 0.2) is 5.78 Å². The second kappa shape index (κ2) is 9.70. The molecule has 0 aromatic carbocycles. The Morgan fingerprint density at radius 2 is 1.68 bits per heavy atom. The summed E-state index contributed by atoms with van der Waals surface area (Å²) < 4.78 is 0. The van der Waals surface area contributed by atoms with Crippen molar-refractivity contribution in [3.8, 4) is 0 Å². The molecule has 3 aliphatic rings. The molecule has 1 fully saturated rings. The molecule has 40 heavy (non-hydrogen) atoms. The number of allylic oxidation sites excluding steroid dienone is 2. The minimum Gasteiger partial charge on any atom is -0.395 e. The van der Waals surface area contributed by atoms with Crippen molar-refractivity contribution in [2.45, 2.75) is 60.8 Å². The Morgan fingerprint density at radius 3 is 2.35 bits per heavy atom. The fourth-order valence-electron chi connectivity index (χ4n) is 7.23. The number of hydrogen-bond acceptors (Lipinski definition) is 3. The van der Waals surface area contributed by atoms with E-state index < -0.39 is 5.92 Å². The van der Waals surface area contributed by atoms with Crippen molar-refractivity contribution in [1.29, 1.82) is 0 Å². The first-order valence-corrected chi connectivity index (χ1v) is 14.6. The van der Waals surface area contributed by atoms with Crippen LogP contribution in [0, 0.1) is 38.5 Å². The standard InChI is InChI=1S/C34H40N4O2/c1-8-11-22-18(6)26-12-24-16(4)20(9-2)28(35-24)13-25-17(5)21(10-3)29(36-25)14-27-19(7)30-33(38-27)31(32(22)37-26)23(15-39)34(30)40/h9,12-14,18,22-23,35-39H,2,8,10-11,15H2,1,3-7H3/b25-13-,26-12-,29-14-,32-31-/t18-,22-,23+/m0/s1. The molecule has 8 bridgehead atoms. The van der Waals surface area contributed by atoms with Gasteiger partial charge in [-0.1, -0.05) is 39.8 Å². The van der Waals surface area contributed by atoms with Gasteiger partial charge in [0.2, 0.25) is 0 Å². The molecule has 0 spiro atoms. The van der Waals surface area contributed by atoms with Gasteiger partial charge in [0.1, 0.15) is 0 Å². The van der Waals surface area contributed by atoms with E-state index in [9.17, 15) is 9.90 Å². The first kappa shape index (κ1) is 26.5. The largest absolute Gasteiger partial charge is 0.395 e. The lowest BCUT2D eigenvalue weighted by Gasteiger charge is -2.19. The van der Waals surface area contributed by atoms with Crippen LogP contribution in [0.4, 0.5) is 0 Å². The Kier molecular flexibility index (Phi) is 6.42. The molecule has 1 aliphatic carbocycles. The van der Waals surface area contributed by atoms with Crippen molar-refractivity contribution < 1.29 is 9.90 Å². The van der Waals surface area contributed by atoms with Crippen LogP contribution >= 0.6 is 0 Å². The highest BCUT2D eigenvalue weighted by Crippen LogP contribution is 2.47. The van der Waals surface area contributed by atoms with E-state index >= 15 is 0 Å². The smallest absolute Gasteiger partial charge is 0.175 e. The molecule has 208 valence electrons. The lowest BCUT2D eigenvalue weighted by Crippen LogP contribution is -2.19. The molecule has 0 amide bonds. The van der Waals surface area contributed by atoms with Crippen LogP contribution in [0.5, 0.6) is 0 Å². The predicted molar refractivity (Wildman–Crippen MR) is 163 cm³/mol. The maximum absolute atomic E-state index is 13.8. The van der Waals surface area contributed by atoms with E-state index in [1.165, 1.54) is 11.1 Å². The molecular weight excluding hydrogens is 496 g/mol. The highest BCUT2D eigenvalue weighted by Gasteiger charge is 2.44. The number of aromatic nitrogens is 3. The zero-order valence-corrected chi connectivity index (χ0v) is 24.4. The minimum atomic E-state index is -0.562. The zero-order chi connectivity index (χ0) is 28.5. The molecule has 6 rings (SSSR count). The first-order valence-electron chi connectivity index (χ1n) is 14.6. The number of aliphatic hydroxyl groups is 1. The van der Waals surface area contributed by atoms with Gasteiger partial charge >= 0.3 is 0 Å². The molecule has 5 heterocycles. The maximum Gasteiger partial charge on any atom is 0.175 e. The number of carbonyl (C=O) groups is 1. The van der Waals surface area contributed by atoms with E-state index in [-0.39, 0.29) is 24.2 Å². The fraction of sp³-hybridized carbons (Fsp3) is 0.382. The molecule has 0 radical (unpaired) electrons. The quantitative estimate of drug-likeness (QED) is 0.318. The highest BCUT2D eigenvalue weighted by molar-refractivity contribution is 6.15. The summed E-state index contributed by atoms with van der Waals surface area (Å²) in [5, 5.41) is 16.3. The third-order valence-electron chi connectivity index (χ3n) is 9.54. The minimum absolute atomic E-state index is 0.00419. The Balaban J connectivity index is 1.74. The number of nitrogens with one attached hydrogen (secondary N) is 4. The van der Waals surface area contributed by atoms with Gasteiger partial charge in [-0.05, 0) is 74.1 Å². The topological polar surface area (TPSA) is 96.7 Å². The average Bonchev–Trinajstić information content (AvgIpc) is 3.66. The zero-order valence-electron chi connectivity index (χ0n) is 24.4. The summed E-state index contributed by atoms with van der Waals surface area (Å²) in [5.74, 6) is -0.0936. The van der Waals surface area contributed by atoms with Gasteiger partial charge in [-0.25, -0.2) is 0 Å². The van der Waals surface area contributed by atoms with Crippen molar-refractivity contribution >= 4 is 35.7 Å². The molecule has 5 N–H and O–H groups in total. The number of Topliss-reactive ketones (excluding diaryl/α,β-unsaturated/α-hetero) is 1. The van der Waals surface area contributed by atoms with Crippen LogP contribution in [0.25, 0.3) is 29.9 Å². The molecule has 6 heteroatoms. The summed E-state index contributed by atoms with van der Waals surface area (Å²) in [7, 11) is 0. The summed E-state index contributed by atoms with van der Waals surface area (Å²) in [4.78, 5) is 24.8. The van der Waals surface area contributed by atoms with Crippen LogP contribution in [0.2, 0.25) is 0 Å². The van der Waals surface area contributed by atoms with Gasteiger partial charge in [-0.15, -0.1) is 0 Å². The van der Waals surface area contributed by atoms with E-state index in [4.69, 9.17) is 0 Å². The number of H-pyrrole nitrogens is 3. The normalized spacial score (nSPS) is 26.1. The van der Waals surface area contributed by atoms with Gasteiger partial charge in [-0.3, -0.25) is 4.79 Å². The molecule has 0 saturated carbocycles. The maximum atomic E-state index is 13.8. The Bertz CT molecular complexity index is 1750. The number of aromatic amines is 3. The summed E-state index contributed by atoms with van der Waals surface area (Å²) in [6, 6.07) is 0. The Labute approximate surface area is 235 Å². The molecular formula is C34H40N4O2. The van der Waals surface area contributed by atoms with Crippen LogP contribution in [0.1, 0.15) is 94.6 Å². The first-order chi connectivity index (χ1) is 19.2. The van der Waals surface area contributed by atoms with Gasteiger partial charge in [0.05, 0.1) is 18.2 Å². The van der Waals surface area contributed by atoms with Crippen LogP contribution < -0.4 is 16.0 Å². The van der Waals surface area contributed by atoms with Crippen molar-refractivity contribution in [3.05, 3.63) is 84.8 Å². The van der Waals surface area contributed by atoms with Crippen molar-refractivity contribution in [2.75, 3.05) is 6.61 Å². The number of aliphatic hydroxyl groups excluding tert-OH is 1. The highest BCUT2D eigenvalue weighted by atomic mass is 16.3. The van der Waals surface area contributed by atoms with Gasteiger partial charge in [0.25, 0.3) is 0 Å². The van der Waals surface area contributed by atoms with Crippen LogP contribution in [0.15, 0.2) is 18.0 Å². The van der Waals surface area contributed by atoms with E-state index in [0.29, 0.717) is 5.56 Å². The SMILES string of the molecule is C=Cc1c2[nH]c(c1C)/C=C1\N/C(=C3\c4[nH]c(c(C)c4C(=O)[C@@H]3CO)/C=c3\[nH]/c(c(C)c3CC)=C\2)[C@@H](CCC)[C@@H]1C. The molecule has 0 unspecified atom stereocenters. The van der Waals surface area contributed by atoms with Crippen LogP contribution in [-0.2, 0) is 6.42 Å². The van der Waals surface area contributed by atoms with E-state index in [2.05, 4.69) is 79.7 Å². The van der Waals surface area contributed by atoms with E-state index in [0.717, 1.165) is 86.4 Å². The molecule has 3 atom stereocenters. The van der Waals surface area contributed by atoms with Crippen LogP contribution in [-0.4, -0.2) is 32.4 Å². The van der Waals surface area contributed by atoms with Crippen molar-refractivity contribution in [1.82, 2.24) is 20.3 Å². The second-order valence-corrected chi connectivity index (χ2v) is 11.6. The third kappa shape index (κ3) is 3.69. The molecule has 3 aromatic heterocycles. The summed E-state index contributed by atoms with van der Waals surface area (Å²) >= 11 is 0. The van der Waals surface area contributed by atoms with Gasteiger partial charge in [-0.2, -0.15) is 0 Å². The number of ketones is 1. The van der Waals surface area contributed by atoms with E-state index in [1.54, 1.807) is 0 Å². The van der Waals surface area contributed by atoms with Crippen LogP contribution in [0.3, 0.4) is 0 Å². The number of carbonyl (C=O) groups excluding carboxylic acids is 1. The lowest BCUT2D eigenvalue weighted by molar-refractivity contribution is 0.0917. The fourth-order valence-corrected chi connectivity index (χ4v) is 7.23. The molecule has 6 nitrogen and oxygen atoms in total.